The van der Waals surface area contributed by atoms with E-state index in [2.05, 4.69) is 65.7 Å². The molecular formula is C23H26N6O. The highest BCUT2D eigenvalue weighted by molar-refractivity contribution is 5.97. The van der Waals surface area contributed by atoms with E-state index in [1.54, 1.807) is 0 Å². The zero-order chi connectivity index (χ0) is 21.1. The number of hydrogen-bond donors (Lipinski definition) is 2. The van der Waals surface area contributed by atoms with E-state index >= 15 is 0 Å². The van der Waals surface area contributed by atoms with E-state index in [-0.39, 0.29) is 6.61 Å². The Balaban J connectivity index is 1.86. The molecule has 2 aromatic carbocycles. The monoisotopic (exact) mass is 402 g/mol. The van der Waals surface area contributed by atoms with Gasteiger partial charge in [-0.25, -0.2) is 0 Å². The molecule has 0 fully saturated rings. The number of aromatic amines is 1. The number of ether oxygens (including phenoxy) is 1. The molecule has 0 bridgehead atoms. The van der Waals surface area contributed by atoms with E-state index in [1.165, 1.54) is 5.56 Å². The van der Waals surface area contributed by atoms with E-state index in [1.807, 2.05) is 18.2 Å². The third kappa shape index (κ3) is 4.16. The van der Waals surface area contributed by atoms with Crippen LogP contribution in [0.4, 0.5) is 0 Å². The maximum Gasteiger partial charge on any atom is 0.211 e. The topological polar surface area (TPSA) is 103 Å². The lowest BCUT2D eigenvalue weighted by atomic mass is 9.91. The Labute approximate surface area is 175 Å². The minimum atomic E-state index is 0.241. The highest BCUT2D eigenvalue weighted by atomic mass is 16.5. The Bertz CT molecular complexity index is 1140. The highest BCUT2D eigenvalue weighted by Gasteiger charge is 2.17. The summed E-state index contributed by atoms with van der Waals surface area (Å²) in [5, 5.41) is 14.9. The maximum absolute atomic E-state index is 6.25. The Hall–Kier alpha value is -3.32. The van der Waals surface area contributed by atoms with E-state index in [0.29, 0.717) is 18.3 Å². The van der Waals surface area contributed by atoms with Crippen LogP contribution in [0.15, 0.2) is 42.5 Å². The van der Waals surface area contributed by atoms with Crippen LogP contribution in [0.5, 0.6) is 5.75 Å². The molecule has 7 nitrogen and oxygen atoms in total. The van der Waals surface area contributed by atoms with Crippen LogP contribution in [0.1, 0.15) is 36.5 Å². The molecular weight excluding hydrogens is 376 g/mol. The zero-order valence-corrected chi connectivity index (χ0v) is 17.5. The number of hydrogen-bond acceptors (Lipinski definition) is 6. The minimum absolute atomic E-state index is 0.241. The maximum atomic E-state index is 6.25. The van der Waals surface area contributed by atoms with E-state index in [4.69, 9.17) is 15.5 Å². The van der Waals surface area contributed by atoms with Gasteiger partial charge in [-0.1, -0.05) is 48.9 Å². The Morgan fingerprint density at radius 1 is 1.10 bits per heavy atom. The van der Waals surface area contributed by atoms with Crippen molar-refractivity contribution in [2.45, 2.75) is 40.3 Å². The smallest absolute Gasteiger partial charge is 0.211 e. The fraction of sp³-hybridized carbons (Fsp3) is 0.304. The van der Waals surface area contributed by atoms with Crippen molar-refractivity contribution in [3.8, 4) is 16.9 Å². The van der Waals surface area contributed by atoms with E-state index in [9.17, 15) is 0 Å². The summed E-state index contributed by atoms with van der Waals surface area (Å²) in [6.07, 6.45) is 0.886. The van der Waals surface area contributed by atoms with Crippen LogP contribution in [0, 0.1) is 12.8 Å². The number of aryl methyl sites for hydroxylation is 1. The molecule has 4 aromatic rings. The summed E-state index contributed by atoms with van der Waals surface area (Å²) in [4.78, 5) is 4.97. The van der Waals surface area contributed by atoms with Gasteiger partial charge in [0.2, 0.25) is 5.82 Å². The quantitative estimate of drug-likeness (QED) is 0.485. The lowest BCUT2D eigenvalue weighted by Gasteiger charge is -2.18. The van der Waals surface area contributed by atoms with Crippen molar-refractivity contribution in [3.05, 3.63) is 65.1 Å². The van der Waals surface area contributed by atoms with Gasteiger partial charge in [0.25, 0.3) is 0 Å². The molecule has 0 atom stereocenters. The van der Waals surface area contributed by atoms with Crippen LogP contribution in [-0.2, 0) is 19.6 Å². The summed E-state index contributed by atoms with van der Waals surface area (Å²) < 4.78 is 5.89. The van der Waals surface area contributed by atoms with Crippen molar-refractivity contribution >= 4 is 10.9 Å². The van der Waals surface area contributed by atoms with Gasteiger partial charge in [-0.15, -0.1) is 10.2 Å². The summed E-state index contributed by atoms with van der Waals surface area (Å²) in [5.41, 5.74) is 12.8. The number of pyridine rings is 1. The first kappa shape index (κ1) is 20.0. The number of aromatic nitrogens is 5. The summed E-state index contributed by atoms with van der Waals surface area (Å²) >= 11 is 0. The van der Waals surface area contributed by atoms with Crippen molar-refractivity contribution in [2.75, 3.05) is 0 Å². The van der Waals surface area contributed by atoms with Crippen molar-refractivity contribution in [3.63, 3.8) is 0 Å². The number of benzene rings is 2. The van der Waals surface area contributed by atoms with Crippen molar-refractivity contribution in [1.82, 2.24) is 25.6 Å². The molecule has 0 saturated heterocycles. The van der Waals surface area contributed by atoms with Gasteiger partial charge in [-0.3, -0.25) is 4.98 Å². The molecule has 0 aliphatic rings. The number of fused-ring (bicyclic) bond motifs is 1. The van der Waals surface area contributed by atoms with Gasteiger partial charge in [0.1, 0.15) is 5.75 Å². The van der Waals surface area contributed by atoms with Crippen molar-refractivity contribution in [1.29, 1.82) is 0 Å². The highest BCUT2D eigenvalue weighted by Crippen LogP contribution is 2.36. The summed E-state index contributed by atoms with van der Waals surface area (Å²) in [6, 6.07) is 14.5. The van der Waals surface area contributed by atoms with Crippen molar-refractivity contribution < 1.29 is 4.74 Å². The predicted octanol–water partition coefficient (Wildman–Crippen LogP) is 3.96. The first-order valence-corrected chi connectivity index (χ1v) is 10.1. The second kappa shape index (κ2) is 8.59. The largest absolute Gasteiger partial charge is 0.485 e. The Morgan fingerprint density at radius 2 is 1.90 bits per heavy atom. The van der Waals surface area contributed by atoms with Gasteiger partial charge in [-0.2, -0.15) is 5.21 Å². The second-order valence-electron chi connectivity index (χ2n) is 7.88. The van der Waals surface area contributed by atoms with Gasteiger partial charge in [0.05, 0.1) is 5.52 Å². The SMILES string of the molecule is Cc1ccc(-c2c(CN)c(CC(C)C)nc3ccc(OCc4nn[nH]n4)cc23)cc1. The number of nitrogens with two attached hydrogens (primary N) is 1. The van der Waals surface area contributed by atoms with E-state index < -0.39 is 0 Å². The lowest BCUT2D eigenvalue weighted by molar-refractivity contribution is 0.296. The van der Waals surface area contributed by atoms with Crippen LogP contribution in [0.25, 0.3) is 22.0 Å². The second-order valence-corrected chi connectivity index (χ2v) is 7.88. The molecule has 4 rings (SSSR count). The number of nitrogens with zero attached hydrogens (tertiary/aromatic N) is 4. The molecule has 0 aliphatic heterocycles. The molecule has 7 heteroatoms. The average Bonchev–Trinajstić information content (AvgIpc) is 3.25. The van der Waals surface area contributed by atoms with Gasteiger partial charge in [0, 0.05) is 17.6 Å². The molecule has 0 radical (unpaired) electrons. The zero-order valence-electron chi connectivity index (χ0n) is 17.5. The summed E-state index contributed by atoms with van der Waals surface area (Å²) in [7, 11) is 0. The lowest BCUT2D eigenvalue weighted by Crippen LogP contribution is -2.10. The molecule has 30 heavy (non-hydrogen) atoms. The number of H-pyrrole nitrogens is 1. The van der Waals surface area contributed by atoms with Crippen LogP contribution >= 0.6 is 0 Å². The number of nitrogens with one attached hydrogen (secondary N) is 1. The molecule has 2 heterocycles. The van der Waals surface area contributed by atoms with Crippen LogP contribution in [0.3, 0.4) is 0 Å². The van der Waals surface area contributed by atoms with Crippen molar-refractivity contribution in [2.24, 2.45) is 11.7 Å². The van der Waals surface area contributed by atoms with Crippen LogP contribution < -0.4 is 10.5 Å². The molecule has 0 saturated carbocycles. The molecule has 0 spiro atoms. The van der Waals surface area contributed by atoms with Gasteiger partial charge < -0.3 is 10.5 Å². The average molecular weight is 403 g/mol. The minimum Gasteiger partial charge on any atom is -0.485 e. The van der Waals surface area contributed by atoms with Crippen LogP contribution in [-0.4, -0.2) is 25.6 Å². The van der Waals surface area contributed by atoms with Gasteiger partial charge >= 0.3 is 0 Å². The van der Waals surface area contributed by atoms with E-state index in [0.717, 1.165) is 45.5 Å². The fourth-order valence-electron chi connectivity index (χ4n) is 3.64. The third-order valence-electron chi connectivity index (χ3n) is 5.05. The first-order valence-electron chi connectivity index (χ1n) is 10.1. The molecule has 0 amide bonds. The Kier molecular flexibility index (Phi) is 5.72. The summed E-state index contributed by atoms with van der Waals surface area (Å²) in [5.74, 6) is 1.72. The molecule has 3 N–H and O–H groups in total. The Morgan fingerprint density at radius 3 is 2.57 bits per heavy atom. The van der Waals surface area contributed by atoms with Crippen LogP contribution in [0.2, 0.25) is 0 Å². The standard InChI is InChI=1S/C23H26N6O/c1-14(2)10-21-19(12-24)23(16-6-4-15(3)5-7-16)18-11-17(8-9-20(18)25-21)30-13-22-26-28-29-27-22/h4-9,11,14H,10,12-13,24H2,1-3H3,(H,26,27,28,29). The van der Waals surface area contributed by atoms with Gasteiger partial charge in [0.15, 0.2) is 6.61 Å². The first-order chi connectivity index (χ1) is 14.5. The van der Waals surface area contributed by atoms with Gasteiger partial charge in [-0.05, 0) is 54.2 Å². The third-order valence-corrected chi connectivity index (χ3v) is 5.05. The fourth-order valence-corrected chi connectivity index (χ4v) is 3.64. The summed E-state index contributed by atoms with van der Waals surface area (Å²) in [6.45, 7) is 7.16. The predicted molar refractivity (Wildman–Crippen MR) is 117 cm³/mol. The number of rotatable bonds is 7. The molecule has 2 aromatic heterocycles. The molecule has 0 unspecified atom stereocenters. The molecule has 154 valence electrons. The molecule has 0 aliphatic carbocycles. The normalized spacial score (nSPS) is 11.4. The number of tetrazole rings is 1.